The van der Waals surface area contributed by atoms with Crippen LogP contribution in [0.25, 0.3) is 0 Å². The van der Waals surface area contributed by atoms with Crippen molar-refractivity contribution in [3.05, 3.63) is 45.4 Å². The molecule has 2 N–H and O–H groups in total. The van der Waals surface area contributed by atoms with Crippen molar-refractivity contribution in [1.29, 1.82) is 5.41 Å². The average molecular weight is 418 g/mol. The summed E-state index contributed by atoms with van der Waals surface area (Å²) in [5.41, 5.74) is 1.67. The number of carbonyl (C=O) groups excluding carboxylic acids is 1. The van der Waals surface area contributed by atoms with E-state index in [4.69, 9.17) is 5.41 Å². The van der Waals surface area contributed by atoms with Crippen LogP contribution in [0.15, 0.2) is 39.3 Å². The van der Waals surface area contributed by atoms with Gasteiger partial charge in [0.2, 0.25) is 0 Å². The third kappa shape index (κ3) is 4.23. The minimum Gasteiger partial charge on any atom is -0.346 e. The van der Waals surface area contributed by atoms with Crippen LogP contribution in [0.5, 0.6) is 0 Å². The van der Waals surface area contributed by atoms with Crippen LogP contribution in [-0.2, 0) is 29.3 Å². The zero-order valence-corrected chi connectivity index (χ0v) is 16.8. The zero-order valence-electron chi connectivity index (χ0n) is 15.1. The van der Waals surface area contributed by atoms with Crippen LogP contribution in [0.3, 0.4) is 0 Å². The summed E-state index contributed by atoms with van der Waals surface area (Å²) in [5.74, 6) is -0.194. The van der Waals surface area contributed by atoms with E-state index in [-0.39, 0.29) is 17.3 Å². The number of amides is 1. The number of carbonyl (C=O) groups is 1. The number of pyridine rings is 1. The lowest BCUT2D eigenvalue weighted by Gasteiger charge is -2.09. The van der Waals surface area contributed by atoms with Gasteiger partial charge in [-0.2, -0.15) is 0 Å². The number of thiophene rings is 1. The first-order valence-corrected chi connectivity index (χ1v) is 10.8. The molecule has 1 aliphatic heterocycles. The van der Waals surface area contributed by atoms with E-state index in [0.717, 1.165) is 23.1 Å². The van der Waals surface area contributed by atoms with Gasteiger partial charge in [0.25, 0.3) is 5.91 Å². The molecule has 0 saturated carbocycles. The predicted molar refractivity (Wildman–Crippen MR) is 110 cm³/mol. The van der Waals surface area contributed by atoms with E-state index in [1.54, 1.807) is 6.07 Å². The summed E-state index contributed by atoms with van der Waals surface area (Å²) < 4.78 is 24.9. The largest absolute Gasteiger partial charge is 0.346 e. The molecule has 10 heteroatoms. The highest BCUT2D eigenvalue weighted by Crippen LogP contribution is 2.25. The lowest BCUT2D eigenvalue weighted by molar-refractivity contribution is 0.0954. The molecule has 0 aromatic carbocycles. The number of aromatic nitrogens is 1. The van der Waals surface area contributed by atoms with Gasteiger partial charge < -0.3 is 10.7 Å². The summed E-state index contributed by atoms with van der Waals surface area (Å²) >= 11 is 1.44. The molecule has 3 rings (SSSR count). The fourth-order valence-electron chi connectivity index (χ4n) is 2.65. The highest BCUT2D eigenvalue weighted by molar-refractivity contribution is 7.93. The van der Waals surface area contributed by atoms with Crippen LogP contribution < -0.4 is 5.32 Å². The van der Waals surface area contributed by atoms with Gasteiger partial charge in [-0.3, -0.25) is 19.8 Å². The van der Waals surface area contributed by atoms with Crippen molar-refractivity contribution < 1.29 is 13.2 Å². The van der Waals surface area contributed by atoms with Crippen LogP contribution in [-0.4, -0.2) is 50.3 Å². The molecular weight excluding hydrogens is 398 g/mol. The molecule has 1 amide bonds. The van der Waals surface area contributed by atoms with Gasteiger partial charge in [0.1, 0.15) is 5.25 Å². The summed E-state index contributed by atoms with van der Waals surface area (Å²) in [5, 5.41) is 8.96. The number of rotatable bonds is 7. The van der Waals surface area contributed by atoms with Crippen molar-refractivity contribution >= 4 is 45.7 Å². The smallest absolute Gasteiger partial charge is 0.261 e. The number of sulfone groups is 1. The van der Waals surface area contributed by atoms with Crippen LogP contribution in [0.1, 0.15) is 25.8 Å². The van der Waals surface area contributed by atoms with Gasteiger partial charge in [-0.25, -0.2) is 8.42 Å². The van der Waals surface area contributed by atoms with E-state index in [9.17, 15) is 13.2 Å². The van der Waals surface area contributed by atoms with E-state index in [1.807, 2.05) is 12.3 Å². The highest BCUT2D eigenvalue weighted by Gasteiger charge is 2.24. The second-order valence-electron chi connectivity index (χ2n) is 6.04. The molecule has 0 fully saturated rings. The maximum Gasteiger partial charge on any atom is 0.261 e. The molecule has 1 aliphatic rings. The first-order chi connectivity index (χ1) is 13.5. The Morgan fingerprint density at radius 2 is 2.29 bits per heavy atom. The van der Waals surface area contributed by atoms with Gasteiger partial charge in [0.15, 0.2) is 9.84 Å². The number of fused-ring (bicyclic) bond motifs is 1. The lowest BCUT2D eigenvalue weighted by atomic mass is 10.1. The van der Waals surface area contributed by atoms with E-state index >= 15 is 0 Å². The molecule has 0 spiro atoms. The molecular formula is C18H19N5O3S2. The molecule has 0 aliphatic carbocycles. The minimum atomic E-state index is -3.76. The second kappa shape index (κ2) is 8.53. The second-order valence-corrected chi connectivity index (χ2v) is 9.28. The van der Waals surface area contributed by atoms with Gasteiger partial charge in [-0.1, -0.05) is 0 Å². The number of hydrogen-bond donors (Lipinski definition) is 2. The Hall–Kier alpha value is -2.72. The van der Waals surface area contributed by atoms with E-state index < -0.39 is 15.1 Å². The van der Waals surface area contributed by atoms with Crippen molar-refractivity contribution in [2.24, 2.45) is 9.98 Å². The first kappa shape index (κ1) is 20.0. The molecule has 0 radical (unpaired) electrons. The molecule has 3 heterocycles. The van der Waals surface area contributed by atoms with Gasteiger partial charge in [0.05, 0.1) is 28.6 Å². The maximum atomic E-state index is 12.5. The van der Waals surface area contributed by atoms with Crippen molar-refractivity contribution in [3.8, 4) is 0 Å². The fourth-order valence-corrected chi connectivity index (χ4v) is 4.93. The highest BCUT2D eigenvalue weighted by atomic mass is 32.2. The third-order valence-corrected chi connectivity index (χ3v) is 7.20. The minimum absolute atomic E-state index is 0.00177. The Labute approximate surface area is 166 Å². The van der Waals surface area contributed by atoms with E-state index in [1.165, 1.54) is 36.9 Å². The molecule has 2 aromatic heterocycles. The molecule has 0 bridgehead atoms. The number of aliphatic imine (C=N–C) groups is 2. The van der Waals surface area contributed by atoms with Crippen LogP contribution in [0.4, 0.5) is 0 Å². The summed E-state index contributed by atoms with van der Waals surface area (Å²) in [6.07, 6.45) is 5.85. The fraction of sp³-hybridized carbons (Fsp3) is 0.278. The van der Waals surface area contributed by atoms with E-state index in [2.05, 4.69) is 20.3 Å². The normalized spacial score (nSPS) is 14.6. The maximum absolute atomic E-state index is 12.5. The number of nitrogens with one attached hydrogen (secondary N) is 2. The van der Waals surface area contributed by atoms with Gasteiger partial charge in [-0.05, 0) is 23.8 Å². The molecule has 28 heavy (non-hydrogen) atoms. The Kier molecular flexibility index (Phi) is 6.10. The van der Waals surface area contributed by atoms with Crippen molar-refractivity contribution in [3.63, 3.8) is 0 Å². The van der Waals surface area contributed by atoms with Crippen molar-refractivity contribution in [2.75, 3.05) is 7.05 Å². The van der Waals surface area contributed by atoms with Crippen LogP contribution >= 0.6 is 11.3 Å². The summed E-state index contributed by atoms with van der Waals surface area (Å²) in [6, 6.07) is 4.85. The molecule has 8 nitrogen and oxygen atoms in total. The topological polar surface area (TPSA) is 125 Å². The Morgan fingerprint density at radius 3 is 2.93 bits per heavy atom. The predicted octanol–water partition coefficient (Wildman–Crippen LogP) is 1.69. The molecule has 1 atom stereocenters. The Morgan fingerprint density at radius 1 is 1.46 bits per heavy atom. The molecule has 0 saturated heterocycles. The van der Waals surface area contributed by atoms with Crippen molar-refractivity contribution in [2.45, 2.75) is 29.7 Å². The zero-order chi connectivity index (χ0) is 20.1. The molecule has 1 unspecified atom stereocenters. The number of nitrogens with zero attached hydrogens (tertiary/aromatic N) is 3. The molecule has 146 valence electrons. The van der Waals surface area contributed by atoms with Crippen LogP contribution in [0, 0.1) is 5.41 Å². The monoisotopic (exact) mass is 417 g/mol. The summed E-state index contributed by atoms with van der Waals surface area (Å²) in [6.45, 7) is 0.799. The van der Waals surface area contributed by atoms with Gasteiger partial charge in [-0.15, -0.1) is 11.3 Å². The average Bonchev–Trinajstić information content (AvgIpc) is 3.14. The SMILES string of the molecule is CN=CC(C=N)S(=O)(=O)c1ccc(CNC(=O)c2cc3c(s2)CN=CC3)nc1. The van der Waals surface area contributed by atoms with Crippen molar-refractivity contribution in [1.82, 2.24) is 10.3 Å². The van der Waals surface area contributed by atoms with Gasteiger partial charge in [0, 0.05) is 43.2 Å². The summed E-state index contributed by atoms with van der Waals surface area (Å²) in [4.78, 5) is 26.1. The standard InChI is InChI=1S/C18H19N5O3S2/c1-20-9-15(7-19)28(25,26)14-3-2-13(22-10-14)8-23-18(24)16-6-12-4-5-21-11-17(12)27-16/h2-3,5-7,9-10,15,19H,4,8,11H2,1H3,(H,23,24). The lowest BCUT2D eigenvalue weighted by Crippen LogP contribution is -2.25. The van der Waals surface area contributed by atoms with Gasteiger partial charge >= 0.3 is 0 Å². The Bertz CT molecular complexity index is 1010. The Balaban J connectivity index is 1.65. The first-order valence-electron chi connectivity index (χ1n) is 8.45. The third-order valence-electron chi connectivity index (χ3n) is 4.17. The quantitative estimate of drug-likeness (QED) is 0.665. The number of hydrogen-bond acceptors (Lipinski definition) is 8. The van der Waals surface area contributed by atoms with Crippen LogP contribution in [0.2, 0.25) is 0 Å². The summed E-state index contributed by atoms with van der Waals surface area (Å²) in [7, 11) is -2.31. The van der Waals surface area contributed by atoms with E-state index in [0.29, 0.717) is 17.1 Å². The molecule has 2 aromatic rings.